The summed E-state index contributed by atoms with van der Waals surface area (Å²) in [4.78, 5) is 23.8. The lowest BCUT2D eigenvalue weighted by molar-refractivity contribution is -0.138. The van der Waals surface area contributed by atoms with E-state index in [2.05, 4.69) is 9.97 Å². The van der Waals surface area contributed by atoms with Gasteiger partial charge in [-0.15, -0.1) is 0 Å². The van der Waals surface area contributed by atoms with E-state index >= 15 is 0 Å². The number of nitrogens with zero attached hydrogens (tertiary/aromatic N) is 4. The lowest BCUT2D eigenvalue weighted by Gasteiger charge is -2.36. The van der Waals surface area contributed by atoms with Gasteiger partial charge in [-0.2, -0.15) is 13.2 Å². The number of carbonyl (C=O) groups excluding carboxylic acids is 1. The Morgan fingerprint density at radius 1 is 1.00 bits per heavy atom. The van der Waals surface area contributed by atoms with Crippen molar-refractivity contribution in [2.75, 3.05) is 31.1 Å². The quantitative estimate of drug-likeness (QED) is 0.845. The van der Waals surface area contributed by atoms with Gasteiger partial charge in [0.1, 0.15) is 6.33 Å². The fourth-order valence-electron chi connectivity index (χ4n) is 2.71. The number of anilines is 1. The van der Waals surface area contributed by atoms with Crippen LogP contribution in [0.3, 0.4) is 0 Å². The molecule has 0 radical (unpaired) electrons. The van der Waals surface area contributed by atoms with Crippen molar-refractivity contribution in [3.8, 4) is 0 Å². The van der Waals surface area contributed by atoms with Gasteiger partial charge in [0.05, 0.1) is 29.2 Å². The van der Waals surface area contributed by atoms with Crippen LogP contribution in [0.5, 0.6) is 0 Å². The molecule has 1 aliphatic rings. The third-order valence-corrected chi connectivity index (χ3v) is 3.94. The molecule has 0 bridgehead atoms. The van der Waals surface area contributed by atoms with Crippen molar-refractivity contribution in [1.82, 2.24) is 14.9 Å². The summed E-state index contributed by atoms with van der Waals surface area (Å²) in [5.74, 6) is -0.591. The van der Waals surface area contributed by atoms with Gasteiger partial charge in [0.25, 0.3) is 5.91 Å². The fourth-order valence-corrected chi connectivity index (χ4v) is 2.71. The van der Waals surface area contributed by atoms with E-state index in [0.717, 1.165) is 11.8 Å². The van der Waals surface area contributed by atoms with Gasteiger partial charge < -0.3 is 9.80 Å². The average molecular weight is 336 g/mol. The monoisotopic (exact) mass is 336 g/mol. The molecule has 1 aromatic heterocycles. The van der Waals surface area contributed by atoms with Crippen molar-refractivity contribution >= 4 is 11.6 Å². The molecule has 0 unspecified atom stereocenters. The van der Waals surface area contributed by atoms with Gasteiger partial charge >= 0.3 is 6.18 Å². The second-order valence-corrected chi connectivity index (χ2v) is 5.42. The number of carbonyl (C=O) groups is 1. The zero-order valence-electron chi connectivity index (χ0n) is 12.7. The second kappa shape index (κ2) is 6.46. The van der Waals surface area contributed by atoms with E-state index in [1.54, 1.807) is 12.4 Å². The molecule has 1 saturated heterocycles. The molecule has 0 saturated carbocycles. The molecule has 0 atom stereocenters. The van der Waals surface area contributed by atoms with E-state index in [1.807, 2.05) is 4.90 Å². The number of halogens is 3. The van der Waals surface area contributed by atoms with Gasteiger partial charge in [-0.1, -0.05) is 12.1 Å². The smallest absolute Gasteiger partial charge is 0.365 e. The molecule has 1 aromatic carbocycles. The Kier molecular flexibility index (Phi) is 4.37. The number of aromatic nitrogens is 2. The molecule has 1 amide bonds. The molecule has 2 aromatic rings. The molecule has 24 heavy (non-hydrogen) atoms. The van der Waals surface area contributed by atoms with Crippen LogP contribution in [0.2, 0.25) is 0 Å². The van der Waals surface area contributed by atoms with E-state index < -0.39 is 17.6 Å². The fraction of sp³-hybridized carbons (Fsp3) is 0.312. The zero-order valence-corrected chi connectivity index (χ0v) is 12.7. The predicted molar refractivity (Wildman–Crippen MR) is 81.6 cm³/mol. The Labute approximate surface area is 136 Å². The highest BCUT2D eigenvalue weighted by Crippen LogP contribution is 2.32. The first-order valence-corrected chi connectivity index (χ1v) is 7.42. The third kappa shape index (κ3) is 3.32. The second-order valence-electron chi connectivity index (χ2n) is 5.42. The van der Waals surface area contributed by atoms with Crippen molar-refractivity contribution < 1.29 is 18.0 Å². The summed E-state index contributed by atoms with van der Waals surface area (Å²) >= 11 is 0. The van der Waals surface area contributed by atoms with Crippen LogP contribution in [-0.2, 0) is 6.18 Å². The molecule has 0 N–H and O–H groups in total. The number of alkyl halides is 3. The number of hydrogen-bond acceptors (Lipinski definition) is 4. The van der Waals surface area contributed by atoms with Gasteiger partial charge in [0.15, 0.2) is 0 Å². The molecule has 3 rings (SSSR count). The number of hydrogen-bond donors (Lipinski definition) is 0. The van der Waals surface area contributed by atoms with Crippen molar-refractivity contribution in [3.63, 3.8) is 0 Å². The average Bonchev–Trinajstić information content (AvgIpc) is 2.61. The zero-order chi connectivity index (χ0) is 17.2. The molecular weight excluding hydrogens is 321 g/mol. The molecule has 1 aliphatic heterocycles. The largest absolute Gasteiger partial charge is 0.417 e. The first kappa shape index (κ1) is 16.2. The van der Waals surface area contributed by atoms with Crippen LogP contribution in [-0.4, -0.2) is 47.0 Å². The normalized spacial score (nSPS) is 15.5. The molecular formula is C16H15F3N4O. The summed E-state index contributed by atoms with van der Waals surface area (Å²) in [7, 11) is 0. The Morgan fingerprint density at radius 3 is 2.25 bits per heavy atom. The Hall–Kier alpha value is -2.64. The molecule has 5 nitrogen and oxygen atoms in total. The Balaban J connectivity index is 1.72. The lowest BCUT2D eigenvalue weighted by Crippen LogP contribution is -2.49. The molecule has 1 fully saturated rings. The Bertz CT molecular complexity index is 713. The molecule has 0 aliphatic carbocycles. The molecule has 8 heteroatoms. The Morgan fingerprint density at radius 2 is 1.62 bits per heavy atom. The number of benzene rings is 1. The molecule has 126 valence electrons. The van der Waals surface area contributed by atoms with Crippen molar-refractivity contribution in [2.24, 2.45) is 0 Å². The minimum atomic E-state index is -4.55. The highest BCUT2D eigenvalue weighted by molar-refractivity contribution is 5.96. The van der Waals surface area contributed by atoms with Crippen LogP contribution in [0.4, 0.5) is 18.9 Å². The molecule has 2 heterocycles. The van der Waals surface area contributed by atoms with E-state index in [9.17, 15) is 18.0 Å². The summed E-state index contributed by atoms with van der Waals surface area (Å²) < 4.78 is 39.2. The topological polar surface area (TPSA) is 49.3 Å². The first-order valence-electron chi connectivity index (χ1n) is 7.42. The van der Waals surface area contributed by atoms with Gasteiger partial charge in [-0.25, -0.2) is 9.97 Å². The van der Waals surface area contributed by atoms with Crippen molar-refractivity contribution in [1.29, 1.82) is 0 Å². The molecule has 0 spiro atoms. The van der Waals surface area contributed by atoms with E-state index in [-0.39, 0.29) is 5.56 Å². The number of rotatable bonds is 2. The van der Waals surface area contributed by atoms with Crippen molar-refractivity contribution in [3.05, 3.63) is 54.1 Å². The van der Waals surface area contributed by atoms with Crippen LogP contribution < -0.4 is 4.90 Å². The van der Waals surface area contributed by atoms with Gasteiger partial charge in [-0.3, -0.25) is 4.79 Å². The summed E-state index contributed by atoms with van der Waals surface area (Å²) in [5.41, 5.74) is -0.365. The maximum absolute atomic E-state index is 13.1. The standard InChI is InChI=1S/C16H15F3N4O/c17-16(18,19)14-4-2-1-3-13(14)15(24)23-7-5-22(6-8-23)12-9-20-11-21-10-12/h1-4,9-11H,5-8H2. The summed E-state index contributed by atoms with van der Waals surface area (Å²) in [5, 5.41) is 0. The van der Waals surface area contributed by atoms with Crippen LogP contribution in [0, 0.1) is 0 Å². The maximum atomic E-state index is 13.1. The maximum Gasteiger partial charge on any atom is 0.417 e. The highest BCUT2D eigenvalue weighted by atomic mass is 19.4. The van der Waals surface area contributed by atoms with E-state index in [0.29, 0.717) is 26.2 Å². The lowest BCUT2D eigenvalue weighted by atomic mass is 10.1. The summed E-state index contributed by atoms with van der Waals surface area (Å²) in [6, 6.07) is 4.89. The number of piperazine rings is 1. The van der Waals surface area contributed by atoms with Crippen LogP contribution in [0.1, 0.15) is 15.9 Å². The van der Waals surface area contributed by atoms with Gasteiger partial charge in [0.2, 0.25) is 0 Å². The predicted octanol–water partition coefficient (Wildman–Crippen LogP) is 2.46. The number of amides is 1. The summed E-state index contributed by atoms with van der Waals surface area (Å²) in [6.07, 6.45) is 0.222. The van der Waals surface area contributed by atoms with E-state index in [1.165, 1.54) is 29.4 Å². The van der Waals surface area contributed by atoms with E-state index in [4.69, 9.17) is 0 Å². The van der Waals surface area contributed by atoms with Crippen LogP contribution >= 0.6 is 0 Å². The minimum Gasteiger partial charge on any atom is -0.365 e. The van der Waals surface area contributed by atoms with Crippen LogP contribution in [0.25, 0.3) is 0 Å². The minimum absolute atomic E-state index is 0.304. The van der Waals surface area contributed by atoms with Crippen molar-refractivity contribution in [2.45, 2.75) is 6.18 Å². The highest BCUT2D eigenvalue weighted by Gasteiger charge is 2.36. The van der Waals surface area contributed by atoms with Gasteiger partial charge in [-0.05, 0) is 12.1 Å². The SMILES string of the molecule is O=C(c1ccccc1C(F)(F)F)N1CCN(c2cncnc2)CC1. The van der Waals surface area contributed by atoms with Gasteiger partial charge in [0, 0.05) is 26.2 Å². The van der Waals surface area contributed by atoms with Crippen LogP contribution in [0.15, 0.2) is 43.0 Å². The first-order chi connectivity index (χ1) is 11.5. The third-order valence-electron chi connectivity index (χ3n) is 3.94. The summed E-state index contributed by atoms with van der Waals surface area (Å²) in [6.45, 7) is 1.74.